The average Bonchev–Trinajstić information content (AvgIpc) is 2.72. The van der Waals surface area contributed by atoms with Gasteiger partial charge >= 0.3 is 5.97 Å². The molecule has 2 aromatic rings. The molecule has 0 bridgehead atoms. The van der Waals surface area contributed by atoms with E-state index in [2.05, 4.69) is 15.1 Å². The van der Waals surface area contributed by atoms with Crippen LogP contribution in [0.2, 0.25) is 0 Å². The fraction of sp³-hybridized carbons (Fsp3) is 0.100. The summed E-state index contributed by atoms with van der Waals surface area (Å²) in [5.41, 5.74) is 1.04. The van der Waals surface area contributed by atoms with Crippen LogP contribution >= 0.6 is 0 Å². The van der Waals surface area contributed by atoms with Crippen LogP contribution in [-0.4, -0.2) is 37.1 Å². The molecule has 7 nitrogen and oxygen atoms in total. The van der Waals surface area contributed by atoms with E-state index in [0.717, 1.165) is 0 Å². The monoisotopic (exact) mass is 232 g/mol. The summed E-state index contributed by atoms with van der Waals surface area (Å²) in [5, 5.41) is 12.6. The van der Waals surface area contributed by atoms with Crippen molar-refractivity contribution < 1.29 is 14.7 Å². The molecule has 0 atom stereocenters. The second-order valence-corrected chi connectivity index (χ2v) is 3.23. The number of carbonyl (C=O) groups excluding carboxylic acids is 1. The Balaban J connectivity index is 2.43. The molecule has 0 amide bonds. The first-order chi connectivity index (χ1) is 8.20. The van der Waals surface area contributed by atoms with Gasteiger partial charge in [-0.3, -0.25) is 24.2 Å². The van der Waals surface area contributed by atoms with Gasteiger partial charge in [0, 0.05) is 18.6 Å². The summed E-state index contributed by atoms with van der Waals surface area (Å²) in [5.74, 6) is -1.03. The van der Waals surface area contributed by atoms with Crippen molar-refractivity contribution in [1.82, 2.24) is 19.7 Å². The average molecular weight is 232 g/mol. The summed E-state index contributed by atoms with van der Waals surface area (Å²) in [6.07, 6.45) is 6.40. The van der Waals surface area contributed by atoms with Gasteiger partial charge in [-0.25, -0.2) is 0 Å². The molecule has 0 aliphatic heterocycles. The molecule has 2 aromatic heterocycles. The lowest BCUT2D eigenvalue weighted by Gasteiger charge is -1.95. The summed E-state index contributed by atoms with van der Waals surface area (Å²) in [6, 6.07) is 0. The number of aliphatic carboxylic acids is 1. The minimum Gasteiger partial charge on any atom is -0.480 e. The van der Waals surface area contributed by atoms with Crippen molar-refractivity contribution in [3.8, 4) is 11.4 Å². The first-order valence-electron chi connectivity index (χ1n) is 4.71. The second kappa shape index (κ2) is 4.52. The number of hydrogen-bond acceptors (Lipinski definition) is 5. The van der Waals surface area contributed by atoms with Crippen LogP contribution in [0.4, 0.5) is 0 Å². The van der Waals surface area contributed by atoms with Crippen molar-refractivity contribution in [2.24, 2.45) is 0 Å². The van der Waals surface area contributed by atoms with E-state index in [1.807, 2.05) is 0 Å². The normalized spacial score (nSPS) is 10.1. The van der Waals surface area contributed by atoms with Crippen LogP contribution in [0.1, 0.15) is 10.4 Å². The van der Waals surface area contributed by atoms with Gasteiger partial charge in [0.05, 0.1) is 11.8 Å². The highest BCUT2D eigenvalue weighted by Gasteiger charge is 2.13. The van der Waals surface area contributed by atoms with Gasteiger partial charge in [-0.2, -0.15) is 5.10 Å². The standard InChI is InChI=1S/C10H8N4O3/c15-6-7-4-14(5-9(16)17)13-10(7)8-3-11-1-2-12-8/h1-4,6H,5H2,(H,16,17). The molecular formula is C10H8N4O3. The van der Waals surface area contributed by atoms with E-state index in [1.165, 1.54) is 29.5 Å². The lowest BCUT2D eigenvalue weighted by Crippen LogP contribution is -2.09. The maximum atomic E-state index is 10.9. The Morgan fingerprint density at radius 1 is 1.47 bits per heavy atom. The molecule has 0 saturated carbocycles. The summed E-state index contributed by atoms with van der Waals surface area (Å²) >= 11 is 0. The van der Waals surface area contributed by atoms with Crippen molar-refractivity contribution in [1.29, 1.82) is 0 Å². The van der Waals surface area contributed by atoms with Crippen LogP contribution < -0.4 is 0 Å². The third-order valence-electron chi connectivity index (χ3n) is 2.02. The highest BCUT2D eigenvalue weighted by Crippen LogP contribution is 2.17. The van der Waals surface area contributed by atoms with Crippen LogP contribution in [0.15, 0.2) is 24.8 Å². The summed E-state index contributed by atoms with van der Waals surface area (Å²) in [4.78, 5) is 29.3. The van der Waals surface area contributed by atoms with Crippen LogP contribution in [-0.2, 0) is 11.3 Å². The molecule has 86 valence electrons. The number of aromatic nitrogens is 4. The van der Waals surface area contributed by atoms with Gasteiger partial charge in [-0.05, 0) is 0 Å². The van der Waals surface area contributed by atoms with Gasteiger partial charge in [-0.1, -0.05) is 0 Å². The lowest BCUT2D eigenvalue weighted by molar-refractivity contribution is -0.137. The lowest BCUT2D eigenvalue weighted by atomic mass is 10.2. The highest BCUT2D eigenvalue weighted by atomic mass is 16.4. The number of nitrogens with zero attached hydrogens (tertiary/aromatic N) is 4. The molecule has 1 N–H and O–H groups in total. The number of carbonyl (C=O) groups is 2. The second-order valence-electron chi connectivity index (χ2n) is 3.23. The zero-order valence-corrected chi connectivity index (χ0v) is 8.65. The van der Waals surface area contributed by atoms with Gasteiger partial charge in [0.25, 0.3) is 0 Å². The largest absolute Gasteiger partial charge is 0.480 e. The van der Waals surface area contributed by atoms with E-state index in [-0.39, 0.29) is 12.1 Å². The predicted molar refractivity (Wildman–Crippen MR) is 56.3 cm³/mol. The SMILES string of the molecule is O=Cc1cn(CC(=O)O)nc1-c1cnccn1. The number of rotatable bonds is 4. The summed E-state index contributed by atoms with van der Waals surface area (Å²) in [7, 11) is 0. The molecule has 0 fully saturated rings. The van der Waals surface area contributed by atoms with Crippen LogP contribution in [0.25, 0.3) is 11.4 Å². The van der Waals surface area contributed by atoms with E-state index in [9.17, 15) is 9.59 Å². The van der Waals surface area contributed by atoms with E-state index >= 15 is 0 Å². The Kier molecular flexibility index (Phi) is 2.91. The van der Waals surface area contributed by atoms with Crippen molar-refractivity contribution in [2.75, 3.05) is 0 Å². The van der Waals surface area contributed by atoms with Crippen molar-refractivity contribution >= 4 is 12.3 Å². The summed E-state index contributed by atoms with van der Waals surface area (Å²) < 4.78 is 1.18. The Hall–Kier alpha value is -2.57. The molecule has 0 aromatic carbocycles. The maximum Gasteiger partial charge on any atom is 0.325 e. The number of carboxylic acids is 1. The Bertz CT molecular complexity index is 550. The van der Waals surface area contributed by atoms with Crippen LogP contribution in [0, 0.1) is 0 Å². The zero-order valence-electron chi connectivity index (χ0n) is 8.65. The molecule has 7 heteroatoms. The minimum absolute atomic E-state index is 0.284. The van der Waals surface area contributed by atoms with Gasteiger partial charge < -0.3 is 5.11 Å². The minimum atomic E-state index is -1.03. The quantitative estimate of drug-likeness (QED) is 0.758. The molecule has 0 spiro atoms. The van der Waals surface area contributed by atoms with E-state index < -0.39 is 5.97 Å². The van der Waals surface area contributed by atoms with Crippen molar-refractivity contribution in [3.05, 3.63) is 30.4 Å². The summed E-state index contributed by atoms with van der Waals surface area (Å²) in [6.45, 7) is -0.304. The molecule has 2 rings (SSSR count). The molecule has 17 heavy (non-hydrogen) atoms. The number of aldehydes is 1. The van der Waals surface area contributed by atoms with Crippen molar-refractivity contribution in [3.63, 3.8) is 0 Å². The Morgan fingerprint density at radius 3 is 2.88 bits per heavy atom. The van der Waals surface area contributed by atoms with Crippen molar-refractivity contribution in [2.45, 2.75) is 6.54 Å². The molecule has 0 aliphatic carbocycles. The maximum absolute atomic E-state index is 10.9. The zero-order chi connectivity index (χ0) is 12.3. The third-order valence-corrected chi connectivity index (χ3v) is 2.02. The van der Waals surface area contributed by atoms with Gasteiger partial charge in [0.15, 0.2) is 6.29 Å². The molecular weight excluding hydrogens is 224 g/mol. The topological polar surface area (TPSA) is 98.0 Å². The molecule has 0 saturated heterocycles. The number of carboxylic acid groups (broad SMARTS) is 1. The van der Waals surface area contributed by atoms with Gasteiger partial charge in [0.1, 0.15) is 17.9 Å². The Morgan fingerprint density at radius 2 is 2.29 bits per heavy atom. The fourth-order valence-electron chi connectivity index (χ4n) is 1.36. The highest BCUT2D eigenvalue weighted by molar-refractivity contribution is 5.84. The molecule has 0 aliphatic rings. The Labute approximate surface area is 95.7 Å². The van der Waals surface area contributed by atoms with Gasteiger partial charge in [-0.15, -0.1) is 0 Å². The van der Waals surface area contributed by atoms with Gasteiger partial charge in [0.2, 0.25) is 0 Å². The van der Waals surface area contributed by atoms with E-state index in [0.29, 0.717) is 17.7 Å². The fourth-order valence-corrected chi connectivity index (χ4v) is 1.36. The van der Waals surface area contributed by atoms with E-state index in [1.54, 1.807) is 0 Å². The van der Waals surface area contributed by atoms with E-state index in [4.69, 9.17) is 5.11 Å². The van der Waals surface area contributed by atoms with Crippen LogP contribution in [0.5, 0.6) is 0 Å². The third kappa shape index (κ3) is 2.33. The first-order valence-corrected chi connectivity index (χ1v) is 4.71. The first kappa shape index (κ1) is 10.9. The molecule has 2 heterocycles. The number of hydrogen-bond donors (Lipinski definition) is 1. The predicted octanol–water partition coefficient (Wildman–Crippen LogP) is 0.237. The smallest absolute Gasteiger partial charge is 0.325 e. The van der Waals surface area contributed by atoms with Crippen LogP contribution in [0.3, 0.4) is 0 Å². The molecule has 0 unspecified atom stereocenters. The molecule has 0 radical (unpaired) electrons.